The number of carbonyl (C=O) groups excluding carboxylic acids is 2. The summed E-state index contributed by atoms with van der Waals surface area (Å²) >= 11 is 0. The van der Waals surface area contributed by atoms with Crippen LogP contribution in [-0.4, -0.2) is 36.5 Å². The molecule has 2 amide bonds. The van der Waals surface area contributed by atoms with Gasteiger partial charge in [0.25, 0.3) is 0 Å². The highest BCUT2D eigenvalue weighted by Crippen LogP contribution is 1.97. The third-order valence-corrected chi connectivity index (χ3v) is 2.21. The fourth-order valence-corrected chi connectivity index (χ4v) is 1.58. The maximum Gasteiger partial charge on any atom is 0.234 e. The summed E-state index contributed by atoms with van der Waals surface area (Å²) < 4.78 is 0. The lowest BCUT2D eigenvalue weighted by Crippen LogP contribution is -2.47. The zero-order valence-corrected chi connectivity index (χ0v) is 12.2. The molecule has 0 heterocycles. The molecule has 0 aliphatic heterocycles. The van der Waals surface area contributed by atoms with Crippen molar-refractivity contribution in [3.8, 4) is 0 Å². The van der Waals surface area contributed by atoms with Crippen LogP contribution in [0.15, 0.2) is 0 Å². The minimum atomic E-state index is -0.239. The Balaban J connectivity index is 3.71. The van der Waals surface area contributed by atoms with Gasteiger partial charge in [-0.1, -0.05) is 13.3 Å². The van der Waals surface area contributed by atoms with E-state index in [0.29, 0.717) is 0 Å². The molecule has 0 aliphatic rings. The van der Waals surface area contributed by atoms with Gasteiger partial charge < -0.3 is 10.6 Å². The summed E-state index contributed by atoms with van der Waals surface area (Å²) in [6.45, 7) is 10.2. The minimum Gasteiger partial charge on any atom is -0.353 e. The predicted octanol–water partition coefficient (Wildman–Crippen LogP) is 0.796. The lowest BCUT2D eigenvalue weighted by atomic mass is 10.1. The first-order valence-corrected chi connectivity index (χ1v) is 6.55. The van der Waals surface area contributed by atoms with Gasteiger partial charge in [0.15, 0.2) is 0 Å². The minimum absolute atomic E-state index is 0.0699. The van der Waals surface area contributed by atoms with E-state index >= 15 is 0 Å². The van der Waals surface area contributed by atoms with Gasteiger partial charge in [-0.15, -0.1) is 0 Å². The van der Waals surface area contributed by atoms with Crippen LogP contribution in [0.1, 0.15) is 47.5 Å². The van der Waals surface area contributed by atoms with Crippen molar-refractivity contribution >= 4 is 11.8 Å². The summed E-state index contributed by atoms with van der Waals surface area (Å²) in [7, 11) is 0. The van der Waals surface area contributed by atoms with Crippen LogP contribution in [0.2, 0.25) is 0 Å². The molecule has 0 bridgehead atoms. The van der Waals surface area contributed by atoms with Crippen molar-refractivity contribution in [1.82, 2.24) is 16.0 Å². The second-order valence-electron chi connectivity index (χ2n) is 5.66. The standard InChI is InChI=1S/C13H27N3O2/c1-6-7-10(2)15-11(17)8-14-9-12(18)16-13(3,4)5/h10,14H,6-9H2,1-5H3,(H,15,17)(H,16,18). The monoisotopic (exact) mass is 257 g/mol. The number of hydrogen-bond acceptors (Lipinski definition) is 3. The highest BCUT2D eigenvalue weighted by Gasteiger charge is 2.13. The Labute approximate surface area is 110 Å². The van der Waals surface area contributed by atoms with E-state index in [0.717, 1.165) is 12.8 Å². The van der Waals surface area contributed by atoms with Gasteiger partial charge in [0.2, 0.25) is 11.8 Å². The van der Waals surface area contributed by atoms with E-state index < -0.39 is 0 Å². The predicted molar refractivity (Wildman–Crippen MR) is 73.3 cm³/mol. The van der Waals surface area contributed by atoms with Crippen LogP contribution in [0.5, 0.6) is 0 Å². The zero-order chi connectivity index (χ0) is 14.2. The van der Waals surface area contributed by atoms with Gasteiger partial charge in [-0.3, -0.25) is 14.9 Å². The molecule has 106 valence electrons. The van der Waals surface area contributed by atoms with Gasteiger partial charge in [-0.25, -0.2) is 0 Å². The number of carbonyl (C=O) groups is 2. The summed E-state index contributed by atoms with van der Waals surface area (Å²) in [4.78, 5) is 22.9. The molecule has 1 atom stereocenters. The Morgan fingerprint density at radius 2 is 1.67 bits per heavy atom. The quantitative estimate of drug-likeness (QED) is 0.631. The Kier molecular flexibility index (Phi) is 7.59. The lowest BCUT2D eigenvalue weighted by Gasteiger charge is -2.20. The van der Waals surface area contributed by atoms with Gasteiger partial charge in [-0.05, 0) is 34.1 Å². The smallest absolute Gasteiger partial charge is 0.234 e. The van der Waals surface area contributed by atoms with Crippen LogP contribution < -0.4 is 16.0 Å². The van der Waals surface area contributed by atoms with E-state index in [1.807, 2.05) is 27.7 Å². The summed E-state index contributed by atoms with van der Waals surface area (Å²) in [5, 5.41) is 8.52. The molecular formula is C13H27N3O2. The average Bonchev–Trinajstić information content (AvgIpc) is 2.14. The van der Waals surface area contributed by atoms with Crippen molar-refractivity contribution in [2.45, 2.75) is 59.0 Å². The molecule has 0 spiro atoms. The second kappa shape index (κ2) is 8.08. The van der Waals surface area contributed by atoms with Crippen molar-refractivity contribution < 1.29 is 9.59 Å². The molecule has 5 nitrogen and oxygen atoms in total. The van der Waals surface area contributed by atoms with Crippen molar-refractivity contribution in [3.05, 3.63) is 0 Å². The topological polar surface area (TPSA) is 70.2 Å². The van der Waals surface area contributed by atoms with Crippen LogP contribution in [0.25, 0.3) is 0 Å². The van der Waals surface area contributed by atoms with Crippen molar-refractivity contribution in [2.75, 3.05) is 13.1 Å². The van der Waals surface area contributed by atoms with Gasteiger partial charge in [0.1, 0.15) is 0 Å². The van der Waals surface area contributed by atoms with Crippen LogP contribution in [0, 0.1) is 0 Å². The molecule has 0 fully saturated rings. The molecule has 18 heavy (non-hydrogen) atoms. The van der Waals surface area contributed by atoms with Crippen LogP contribution in [0.4, 0.5) is 0 Å². The van der Waals surface area contributed by atoms with E-state index in [1.165, 1.54) is 0 Å². The highest BCUT2D eigenvalue weighted by molar-refractivity contribution is 5.81. The third kappa shape index (κ3) is 10.1. The molecule has 0 aromatic carbocycles. The van der Waals surface area contributed by atoms with Crippen molar-refractivity contribution in [3.63, 3.8) is 0 Å². The molecule has 0 radical (unpaired) electrons. The molecule has 0 rings (SSSR count). The Hall–Kier alpha value is -1.10. The lowest BCUT2D eigenvalue weighted by molar-refractivity contribution is -0.122. The average molecular weight is 257 g/mol. The second-order valence-corrected chi connectivity index (χ2v) is 5.66. The van der Waals surface area contributed by atoms with Gasteiger partial charge in [-0.2, -0.15) is 0 Å². The first-order valence-electron chi connectivity index (χ1n) is 6.55. The molecule has 0 aliphatic carbocycles. The Bertz CT molecular complexity index is 272. The first kappa shape index (κ1) is 16.9. The van der Waals surface area contributed by atoms with Gasteiger partial charge >= 0.3 is 0 Å². The molecule has 0 saturated carbocycles. The maximum atomic E-state index is 11.5. The van der Waals surface area contributed by atoms with Gasteiger partial charge in [0.05, 0.1) is 13.1 Å². The first-order chi connectivity index (χ1) is 8.24. The number of hydrogen-bond donors (Lipinski definition) is 3. The van der Waals surface area contributed by atoms with Crippen LogP contribution in [0.3, 0.4) is 0 Å². The molecule has 5 heteroatoms. The van der Waals surface area contributed by atoms with E-state index in [-0.39, 0.29) is 36.5 Å². The molecule has 1 unspecified atom stereocenters. The van der Waals surface area contributed by atoms with Crippen LogP contribution >= 0.6 is 0 Å². The molecule has 0 saturated heterocycles. The number of nitrogens with one attached hydrogen (secondary N) is 3. The summed E-state index contributed by atoms with van der Waals surface area (Å²) in [5.74, 6) is -0.170. The maximum absolute atomic E-state index is 11.5. The van der Waals surface area contributed by atoms with E-state index in [2.05, 4.69) is 22.9 Å². The van der Waals surface area contributed by atoms with Crippen LogP contribution in [-0.2, 0) is 9.59 Å². The molecule has 3 N–H and O–H groups in total. The number of amides is 2. The third-order valence-electron chi connectivity index (χ3n) is 2.21. The summed E-state index contributed by atoms with van der Waals surface area (Å²) in [6, 6.07) is 0.188. The van der Waals surface area contributed by atoms with E-state index in [1.54, 1.807) is 0 Å². The zero-order valence-electron chi connectivity index (χ0n) is 12.2. The number of rotatable bonds is 7. The normalized spacial score (nSPS) is 12.9. The van der Waals surface area contributed by atoms with E-state index in [4.69, 9.17) is 0 Å². The fourth-order valence-electron chi connectivity index (χ4n) is 1.58. The van der Waals surface area contributed by atoms with Gasteiger partial charge in [0, 0.05) is 11.6 Å². The van der Waals surface area contributed by atoms with Crippen molar-refractivity contribution in [1.29, 1.82) is 0 Å². The fraction of sp³-hybridized carbons (Fsp3) is 0.846. The SMILES string of the molecule is CCCC(C)NC(=O)CNCC(=O)NC(C)(C)C. The largest absolute Gasteiger partial charge is 0.353 e. The molecule has 0 aromatic rings. The highest BCUT2D eigenvalue weighted by atomic mass is 16.2. The van der Waals surface area contributed by atoms with E-state index in [9.17, 15) is 9.59 Å². The summed E-state index contributed by atoms with van der Waals surface area (Å²) in [5.41, 5.74) is -0.239. The van der Waals surface area contributed by atoms with Crippen molar-refractivity contribution in [2.24, 2.45) is 0 Å². The summed E-state index contributed by atoms with van der Waals surface area (Å²) in [6.07, 6.45) is 2.01. The molecular weight excluding hydrogens is 230 g/mol. The Morgan fingerprint density at radius 1 is 1.11 bits per heavy atom. The Morgan fingerprint density at radius 3 is 2.17 bits per heavy atom. The molecule has 0 aromatic heterocycles.